The zero-order valence-electron chi connectivity index (χ0n) is 25.5. The molecule has 2 aromatic heterocycles. The number of ether oxygens (including phenoxy) is 2. The summed E-state index contributed by atoms with van der Waals surface area (Å²) in [6.07, 6.45) is -0.111. The number of fused-ring (bicyclic) bond motifs is 1. The normalized spacial score (nSPS) is 11.7. The van der Waals surface area contributed by atoms with Crippen LogP contribution in [0, 0.1) is 28.8 Å². The van der Waals surface area contributed by atoms with E-state index in [1.165, 1.54) is 36.4 Å². The van der Waals surface area contributed by atoms with E-state index in [0.29, 0.717) is 16.9 Å². The third-order valence-corrected chi connectivity index (χ3v) is 7.87. The largest absolute Gasteiger partial charge is 0.478 e. The first-order chi connectivity index (χ1) is 23.2. The van der Waals surface area contributed by atoms with Crippen LogP contribution in [0.3, 0.4) is 0 Å². The Balaban J connectivity index is 1.33. The molecule has 48 heavy (non-hydrogen) atoms. The van der Waals surface area contributed by atoms with Gasteiger partial charge in [0.1, 0.15) is 29.9 Å². The quantitative estimate of drug-likeness (QED) is 0.155. The Morgan fingerprint density at radius 1 is 0.896 bits per heavy atom. The molecule has 0 bridgehead atoms. The van der Waals surface area contributed by atoms with Gasteiger partial charge in [0, 0.05) is 30.7 Å². The van der Waals surface area contributed by atoms with Gasteiger partial charge in [-0.05, 0) is 59.7 Å². The van der Waals surface area contributed by atoms with Gasteiger partial charge in [-0.2, -0.15) is 5.26 Å². The predicted octanol–water partition coefficient (Wildman–Crippen LogP) is 7.49. The fourth-order valence-corrected chi connectivity index (χ4v) is 5.52. The van der Waals surface area contributed by atoms with Crippen molar-refractivity contribution in [2.24, 2.45) is 0 Å². The number of carboxylic acids is 1. The molecule has 1 N–H and O–H groups in total. The summed E-state index contributed by atoms with van der Waals surface area (Å²) in [7, 11) is 1.55. The van der Waals surface area contributed by atoms with Crippen molar-refractivity contribution in [3.05, 3.63) is 148 Å². The lowest BCUT2D eigenvalue weighted by molar-refractivity contribution is 0.0697. The lowest BCUT2D eigenvalue weighted by atomic mass is 10.0. The fraction of sp³-hybridized carbons (Fsp3) is 0.135. The summed E-state index contributed by atoms with van der Waals surface area (Å²) in [5.41, 5.74) is 2.32. The summed E-state index contributed by atoms with van der Waals surface area (Å²) in [5.74, 6) is -2.70. The van der Waals surface area contributed by atoms with Crippen molar-refractivity contribution in [3.63, 3.8) is 0 Å². The number of hydrogen-bond donors (Lipinski definition) is 1. The Morgan fingerprint density at radius 3 is 2.42 bits per heavy atom. The Morgan fingerprint density at radius 2 is 1.69 bits per heavy atom. The molecule has 6 aromatic rings. The average Bonchev–Trinajstić information content (AvgIpc) is 3.45. The van der Waals surface area contributed by atoms with E-state index in [-0.39, 0.29) is 59.0 Å². The van der Waals surface area contributed by atoms with Crippen molar-refractivity contribution in [3.8, 4) is 23.2 Å². The summed E-state index contributed by atoms with van der Waals surface area (Å²) in [6.45, 7) is 0.0171. The maximum absolute atomic E-state index is 15.8. The van der Waals surface area contributed by atoms with Gasteiger partial charge in [-0.25, -0.2) is 27.9 Å². The topological polar surface area (TPSA) is 110 Å². The molecule has 0 radical (unpaired) electrons. The number of aromatic nitrogens is 3. The molecule has 0 amide bonds. The van der Waals surface area contributed by atoms with E-state index in [1.54, 1.807) is 19.2 Å². The molecule has 0 unspecified atom stereocenters. The Hall–Kier alpha value is -5.99. The second-order valence-corrected chi connectivity index (χ2v) is 11.0. The lowest BCUT2D eigenvalue weighted by Crippen LogP contribution is -2.19. The molecule has 2 heterocycles. The van der Waals surface area contributed by atoms with E-state index >= 15 is 8.78 Å². The third-order valence-electron chi connectivity index (χ3n) is 7.87. The van der Waals surface area contributed by atoms with Crippen molar-refractivity contribution in [1.82, 2.24) is 14.5 Å². The molecule has 8 nitrogen and oxygen atoms in total. The van der Waals surface area contributed by atoms with Crippen molar-refractivity contribution in [2.45, 2.75) is 19.1 Å². The third kappa shape index (κ3) is 6.61. The molecule has 11 heteroatoms. The van der Waals surface area contributed by atoms with E-state index < -0.39 is 29.5 Å². The molecule has 6 rings (SSSR count). The number of pyridine rings is 1. The minimum Gasteiger partial charge on any atom is -0.478 e. The first-order valence-corrected chi connectivity index (χ1v) is 14.8. The van der Waals surface area contributed by atoms with Crippen LogP contribution in [0.25, 0.3) is 22.3 Å². The predicted molar refractivity (Wildman–Crippen MR) is 171 cm³/mol. The van der Waals surface area contributed by atoms with Gasteiger partial charge in [0.25, 0.3) is 0 Å². The number of nitriles is 1. The van der Waals surface area contributed by atoms with Crippen LogP contribution in [0.5, 0.6) is 5.88 Å². The van der Waals surface area contributed by atoms with Crippen LogP contribution < -0.4 is 4.74 Å². The van der Waals surface area contributed by atoms with Gasteiger partial charge < -0.3 is 19.1 Å². The highest BCUT2D eigenvalue weighted by atomic mass is 19.1. The van der Waals surface area contributed by atoms with E-state index in [0.717, 1.165) is 23.8 Å². The monoisotopic (exact) mass is 648 g/mol. The number of aromatic carboxylic acids is 1. The second kappa shape index (κ2) is 13.8. The molecular formula is C37H27F3N4O4. The summed E-state index contributed by atoms with van der Waals surface area (Å²) >= 11 is 0. The minimum absolute atomic E-state index is 0.0270. The maximum atomic E-state index is 15.8. The van der Waals surface area contributed by atoms with E-state index in [1.807, 2.05) is 41.0 Å². The first kappa shape index (κ1) is 32.0. The zero-order valence-corrected chi connectivity index (χ0v) is 25.5. The van der Waals surface area contributed by atoms with Gasteiger partial charge in [-0.1, -0.05) is 42.5 Å². The van der Waals surface area contributed by atoms with Crippen molar-refractivity contribution in [1.29, 1.82) is 5.26 Å². The fourth-order valence-electron chi connectivity index (χ4n) is 5.52. The Bertz CT molecular complexity index is 2180. The maximum Gasteiger partial charge on any atom is 0.335 e. The van der Waals surface area contributed by atoms with Gasteiger partial charge in [0.2, 0.25) is 5.88 Å². The smallest absolute Gasteiger partial charge is 0.335 e. The van der Waals surface area contributed by atoms with E-state index in [4.69, 9.17) is 19.7 Å². The molecule has 0 aliphatic heterocycles. The molecule has 0 saturated carbocycles. The van der Waals surface area contributed by atoms with Crippen LogP contribution in [0.1, 0.15) is 44.5 Å². The first-order valence-electron chi connectivity index (χ1n) is 14.8. The van der Waals surface area contributed by atoms with Crippen LogP contribution >= 0.6 is 0 Å². The summed E-state index contributed by atoms with van der Waals surface area (Å²) < 4.78 is 58.7. The number of halogens is 3. The second-order valence-electron chi connectivity index (χ2n) is 11.0. The Labute approximate surface area is 273 Å². The van der Waals surface area contributed by atoms with E-state index in [2.05, 4.69) is 4.98 Å². The summed E-state index contributed by atoms with van der Waals surface area (Å²) in [6, 6.07) is 26.1. The lowest BCUT2D eigenvalue weighted by Gasteiger charge is -2.22. The van der Waals surface area contributed by atoms with Gasteiger partial charge >= 0.3 is 5.97 Å². The highest BCUT2D eigenvalue weighted by Gasteiger charge is 2.24. The average molecular weight is 649 g/mol. The van der Waals surface area contributed by atoms with Gasteiger partial charge in [0.15, 0.2) is 0 Å². The molecule has 0 fully saturated rings. The molecule has 1 atom stereocenters. The number of carbonyl (C=O) groups is 1. The number of rotatable bonds is 11. The van der Waals surface area contributed by atoms with E-state index in [9.17, 15) is 14.3 Å². The molecule has 240 valence electrons. The Kier molecular flexibility index (Phi) is 9.18. The van der Waals surface area contributed by atoms with Crippen LogP contribution in [-0.4, -0.2) is 39.3 Å². The van der Waals surface area contributed by atoms with Gasteiger partial charge in [-0.3, -0.25) is 0 Å². The van der Waals surface area contributed by atoms with Crippen LogP contribution in [0.2, 0.25) is 0 Å². The standard InChI is InChI=1S/C37H27F3N4O4/c1-47-21-34(23-6-3-2-4-7-23)44-33-16-24(37(45)46)12-13-32(33)42-35(44)17-26-15-30(40)27(18-29(26)39)31-8-5-9-36(43-31)48-20-25-11-10-22(19-41)14-28(25)38/h2-16,18,34H,17,20-21H2,1H3,(H,45,46)/t34-/m0/s1. The zero-order chi connectivity index (χ0) is 33.8. The SMILES string of the molecule is COC[C@@H](c1ccccc1)n1c(Cc2cc(F)c(-c3cccc(OCc4ccc(C#N)cc4F)n3)cc2F)nc2ccc(C(=O)O)cc21. The number of carboxylic acid groups (broad SMARTS) is 1. The molecule has 0 aliphatic rings. The molecule has 0 spiro atoms. The number of nitrogens with zero attached hydrogens (tertiary/aromatic N) is 4. The molecular weight excluding hydrogens is 621 g/mol. The highest BCUT2D eigenvalue weighted by Crippen LogP contribution is 2.31. The van der Waals surface area contributed by atoms with Crippen LogP contribution in [0.4, 0.5) is 13.2 Å². The van der Waals surface area contributed by atoms with Crippen molar-refractivity contribution < 1.29 is 32.5 Å². The molecule has 0 aliphatic carbocycles. The van der Waals surface area contributed by atoms with Crippen molar-refractivity contribution >= 4 is 17.0 Å². The molecule has 0 saturated heterocycles. The molecule has 4 aromatic carbocycles. The summed E-state index contributed by atoms with van der Waals surface area (Å²) in [4.78, 5) is 20.8. The van der Waals surface area contributed by atoms with Crippen LogP contribution in [0.15, 0.2) is 97.1 Å². The highest BCUT2D eigenvalue weighted by molar-refractivity contribution is 5.92. The number of methoxy groups -OCH3 is 1. The van der Waals surface area contributed by atoms with Gasteiger partial charge in [-0.15, -0.1) is 0 Å². The van der Waals surface area contributed by atoms with Crippen LogP contribution in [-0.2, 0) is 17.8 Å². The number of benzene rings is 4. The number of imidazole rings is 1. The van der Waals surface area contributed by atoms with Crippen molar-refractivity contribution in [2.75, 3.05) is 13.7 Å². The minimum atomic E-state index is -1.11. The number of hydrogen-bond acceptors (Lipinski definition) is 6. The van der Waals surface area contributed by atoms with Gasteiger partial charge in [0.05, 0.1) is 46.6 Å². The summed E-state index contributed by atoms with van der Waals surface area (Å²) in [5, 5.41) is 18.6.